The first-order valence-corrected chi connectivity index (χ1v) is 8.86. The molecule has 0 radical (unpaired) electrons. The minimum absolute atomic E-state index is 0.182. The van der Waals surface area contributed by atoms with Gasteiger partial charge in [-0.3, -0.25) is 9.56 Å². The summed E-state index contributed by atoms with van der Waals surface area (Å²) < 4.78 is 17.5. The molecule has 5 N–H and O–H groups in total. The molecule has 1 saturated heterocycles. The molecule has 1 fully saturated rings. The molecule has 12 nitrogen and oxygen atoms in total. The Hall–Kier alpha value is -2.77. The van der Waals surface area contributed by atoms with E-state index < -0.39 is 37.3 Å². The molecule has 12 heteroatoms. The van der Waals surface area contributed by atoms with Gasteiger partial charge in [0.05, 0.1) is 26.3 Å². The standard InChI is InChI=1S/C17H21N5O7/c1-27-8-2-3-28-9(8)4-18-15-11-16(20-6-19-11)22(7-21-15)17-14(26)13(25)12(24)10(5-23)29-17/h2-3,6-7,10,12-14,17,23-26H,4-5H2,1H3,(H,19,20)/t10-,12-,13+,14-,17?/m1/s1. The summed E-state index contributed by atoms with van der Waals surface area (Å²) in [7, 11) is 1.53. The molecule has 3 aromatic rings. The van der Waals surface area contributed by atoms with Crippen molar-refractivity contribution in [3.8, 4) is 5.75 Å². The van der Waals surface area contributed by atoms with Crippen LogP contribution in [0.5, 0.6) is 5.75 Å². The summed E-state index contributed by atoms with van der Waals surface area (Å²) >= 11 is 0. The van der Waals surface area contributed by atoms with Gasteiger partial charge in [-0.05, 0) is 0 Å². The van der Waals surface area contributed by atoms with E-state index in [-0.39, 0.29) is 6.54 Å². The summed E-state index contributed by atoms with van der Waals surface area (Å²) in [5.41, 5.74) is 1.17. The van der Waals surface area contributed by atoms with E-state index in [0.29, 0.717) is 28.2 Å². The van der Waals surface area contributed by atoms with Crippen LogP contribution in [0.4, 0.5) is 0 Å². The first kappa shape index (κ1) is 19.5. The molecular formula is C17H21N5O7. The van der Waals surface area contributed by atoms with Crippen molar-refractivity contribution in [2.24, 2.45) is 4.99 Å². The fourth-order valence-corrected chi connectivity index (χ4v) is 3.27. The Morgan fingerprint density at radius 2 is 2.07 bits per heavy atom. The van der Waals surface area contributed by atoms with Gasteiger partial charge in [0.2, 0.25) is 0 Å². The SMILES string of the molecule is COc1ccoc1CN=c1ncn(C2O[C@H](CO)[C@@H](O)[C@H](O)[C@H]2O)c2nc[nH]c12. The summed E-state index contributed by atoms with van der Waals surface area (Å²) in [6, 6.07) is 1.68. The number of rotatable bonds is 5. The zero-order chi connectivity index (χ0) is 20.5. The van der Waals surface area contributed by atoms with Gasteiger partial charge in [0.15, 0.2) is 28.9 Å². The normalized spacial score (nSPS) is 28.2. The van der Waals surface area contributed by atoms with E-state index in [1.807, 2.05) is 0 Å². The molecule has 0 bridgehead atoms. The summed E-state index contributed by atoms with van der Waals surface area (Å²) in [6.45, 7) is -0.348. The predicted molar refractivity (Wildman–Crippen MR) is 95.4 cm³/mol. The fourth-order valence-electron chi connectivity index (χ4n) is 3.27. The van der Waals surface area contributed by atoms with Gasteiger partial charge in [0, 0.05) is 6.07 Å². The van der Waals surface area contributed by atoms with Gasteiger partial charge in [-0.1, -0.05) is 0 Å². The highest BCUT2D eigenvalue weighted by Crippen LogP contribution is 2.29. The minimum atomic E-state index is -1.51. The van der Waals surface area contributed by atoms with E-state index in [1.165, 1.54) is 30.6 Å². The summed E-state index contributed by atoms with van der Waals surface area (Å²) in [5.74, 6) is 1.11. The molecule has 29 heavy (non-hydrogen) atoms. The zero-order valence-corrected chi connectivity index (χ0v) is 15.4. The van der Waals surface area contributed by atoms with Crippen molar-refractivity contribution < 1.29 is 34.3 Å². The number of aliphatic hydroxyl groups is 4. The van der Waals surface area contributed by atoms with E-state index in [4.69, 9.17) is 13.9 Å². The average molecular weight is 407 g/mol. The Labute approximate surface area is 163 Å². The van der Waals surface area contributed by atoms with E-state index >= 15 is 0 Å². The molecule has 0 aromatic carbocycles. The van der Waals surface area contributed by atoms with Gasteiger partial charge < -0.3 is 39.3 Å². The number of nitrogens with zero attached hydrogens (tertiary/aromatic N) is 4. The molecule has 0 saturated carbocycles. The molecule has 1 aliphatic rings. The molecule has 4 heterocycles. The van der Waals surface area contributed by atoms with E-state index in [2.05, 4.69) is 19.9 Å². The van der Waals surface area contributed by atoms with Crippen LogP contribution in [0.15, 0.2) is 34.4 Å². The Bertz CT molecular complexity index is 1040. The number of H-pyrrole nitrogens is 1. The lowest BCUT2D eigenvalue weighted by atomic mass is 9.98. The zero-order valence-electron chi connectivity index (χ0n) is 15.4. The van der Waals surface area contributed by atoms with Crippen LogP contribution < -0.4 is 10.2 Å². The molecule has 3 aromatic heterocycles. The van der Waals surface area contributed by atoms with Gasteiger partial charge in [0.25, 0.3) is 0 Å². The first-order chi connectivity index (χ1) is 14.0. The second-order valence-corrected chi connectivity index (χ2v) is 6.52. The number of ether oxygens (including phenoxy) is 2. The van der Waals surface area contributed by atoms with Crippen LogP contribution in [0.2, 0.25) is 0 Å². The third-order valence-corrected chi connectivity index (χ3v) is 4.83. The molecular weight excluding hydrogens is 386 g/mol. The smallest absolute Gasteiger partial charge is 0.177 e. The second kappa shape index (κ2) is 7.93. The number of fused-ring (bicyclic) bond motifs is 1. The summed E-state index contributed by atoms with van der Waals surface area (Å²) in [4.78, 5) is 15.9. The highest BCUT2D eigenvalue weighted by atomic mass is 16.6. The number of aliphatic hydroxyl groups excluding tert-OH is 4. The molecule has 0 amide bonds. The van der Waals surface area contributed by atoms with Crippen LogP contribution in [-0.2, 0) is 11.3 Å². The van der Waals surface area contributed by atoms with Gasteiger partial charge in [-0.2, -0.15) is 0 Å². The van der Waals surface area contributed by atoms with Gasteiger partial charge in [0.1, 0.15) is 42.8 Å². The Balaban J connectivity index is 1.70. The van der Waals surface area contributed by atoms with Gasteiger partial charge >= 0.3 is 0 Å². The number of methoxy groups -OCH3 is 1. The summed E-state index contributed by atoms with van der Waals surface area (Å²) in [6.07, 6.45) is -2.31. The van der Waals surface area contributed by atoms with Crippen LogP contribution in [-0.4, -0.2) is 78.1 Å². The van der Waals surface area contributed by atoms with Crippen molar-refractivity contribution in [1.29, 1.82) is 0 Å². The quantitative estimate of drug-likeness (QED) is 0.335. The molecule has 4 rings (SSSR count). The molecule has 0 aliphatic carbocycles. The Morgan fingerprint density at radius 1 is 1.24 bits per heavy atom. The number of furan rings is 1. The molecule has 5 atom stereocenters. The minimum Gasteiger partial charge on any atom is -0.493 e. The topological polar surface area (TPSA) is 171 Å². The molecule has 0 spiro atoms. The van der Waals surface area contributed by atoms with Crippen molar-refractivity contribution in [2.45, 2.75) is 37.2 Å². The maximum absolute atomic E-state index is 10.4. The van der Waals surface area contributed by atoms with Crippen molar-refractivity contribution >= 4 is 11.2 Å². The van der Waals surface area contributed by atoms with Crippen molar-refractivity contribution in [3.05, 3.63) is 36.2 Å². The maximum atomic E-state index is 10.4. The highest BCUT2D eigenvalue weighted by molar-refractivity contribution is 5.68. The van der Waals surface area contributed by atoms with Crippen LogP contribution in [0.25, 0.3) is 11.2 Å². The number of aromatic nitrogens is 4. The third kappa shape index (κ3) is 3.41. The monoisotopic (exact) mass is 407 g/mol. The molecule has 1 unspecified atom stereocenters. The lowest BCUT2D eigenvalue weighted by molar-refractivity contribution is -0.250. The Kier molecular flexibility index (Phi) is 5.34. The Morgan fingerprint density at radius 3 is 2.83 bits per heavy atom. The number of hydrogen-bond acceptors (Lipinski definition) is 10. The third-order valence-electron chi connectivity index (χ3n) is 4.83. The van der Waals surface area contributed by atoms with E-state index in [1.54, 1.807) is 6.07 Å². The molecule has 156 valence electrons. The van der Waals surface area contributed by atoms with Crippen molar-refractivity contribution in [3.63, 3.8) is 0 Å². The number of aromatic amines is 1. The largest absolute Gasteiger partial charge is 0.493 e. The predicted octanol–water partition coefficient (Wildman–Crippen LogP) is -1.57. The van der Waals surface area contributed by atoms with Crippen LogP contribution in [0, 0.1) is 0 Å². The summed E-state index contributed by atoms with van der Waals surface area (Å²) in [5, 5.41) is 39.8. The lowest BCUT2D eigenvalue weighted by Crippen LogP contribution is -2.56. The lowest BCUT2D eigenvalue weighted by Gasteiger charge is -2.40. The number of imidazole rings is 1. The van der Waals surface area contributed by atoms with Crippen molar-refractivity contribution in [1.82, 2.24) is 19.5 Å². The van der Waals surface area contributed by atoms with Crippen LogP contribution in [0.3, 0.4) is 0 Å². The van der Waals surface area contributed by atoms with Crippen LogP contribution in [0.1, 0.15) is 12.0 Å². The van der Waals surface area contributed by atoms with Gasteiger partial charge in [-0.15, -0.1) is 0 Å². The van der Waals surface area contributed by atoms with Crippen molar-refractivity contribution in [2.75, 3.05) is 13.7 Å². The van der Waals surface area contributed by atoms with E-state index in [0.717, 1.165) is 0 Å². The number of hydrogen-bond donors (Lipinski definition) is 5. The second-order valence-electron chi connectivity index (χ2n) is 6.52. The average Bonchev–Trinajstić information content (AvgIpc) is 3.40. The van der Waals surface area contributed by atoms with Crippen LogP contribution >= 0.6 is 0 Å². The van der Waals surface area contributed by atoms with Gasteiger partial charge in [-0.25, -0.2) is 9.97 Å². The number of nitrogens with one attached hydrogen (secondary N) is 1. The maximum Gasteiger partial charge on any atom is 0.177 e. The van der Waals surface area contributed by atoms with E-state index in [9.17, 15) is 20.4 Å². The first-order valence-electron chi connectivity index (χ1n) is 8.86. The molecule has 1 aliphatic heterocycles. The fraction of sp³-hybridized carbons (Fsp3) is 0.471. The highest BCUT2D eigenvalue weighted by Gasteiger charge is 2.44.